The highest BCUT2D eigenvalue weighted by atomic mass is 16.3. The summed E-state index contributed by atoms with van der Waals surface area (Å²) in [5.41, 5.74) is 5.99. The Kier molecular flexibility index (Phi) is 2.99. The Morgan fingerprint density at radius 2 is 2.24 bits per heavy atom. The molecular formula is C12H15N3O2. The van der Waals surface area contributed by atoms with Gasteiger partial charge in [-0.1, -0.05) is 13.3 Å². The molecule has 4 N–H and O–H groups in total. The molecule has 90 valence electrons. The zero-order valence-electron chi connectivity index (χ0n) is 9.66. The molecule has 0 fully saturated rings. The van der Waals surface area contributed by atoms with Gasteiger partial charge in [-0.15, -0.1) is 0 Å². The molecule has 0 aromatic carbocycles. The second kappa shape index (κ2) is 4.45. The third-order valence-corrected chi connectivity index (χ3v) is 2.74. The maximum atomic E-state index is 11.8. The SMILES string of the molecule is CCCCc1c(O)c2ccc(N)nc2[nH]c1=O. The third kappa shape index (κ3) is 2.08. The third-order valence-electron chi connectivity index (χ3n) is 2.74. The van der Waals surface area contributed by atoms with Crippen molar-refractivity contribution in [2.45, 2.75) is 26.2 Å². The predicted octanol–water partition coefficient (Wildman–Crippen LogP) is 1.55. The summed E-state index contributed by atoms with van der Waals surface area (Å²) in [6, 6.07) is 3.27. The van der Waals surface area contributed by atoms with Crippen LogP contribution in [0.4, 0.5) is 5.82 Å². The molecule has 0 saturated carbocycles. The first kappa shape index (κ1) is 11.4. The van der Waals surface area contributed by atoms with Crippen molar-refractivity contribution < 1.29 is 5.11 Å². The number of aromatic nitrogens is 2. The van der Waals surface area contributed by atoms with Crippen LogP contribution in [0.1, 0.15) is 25.3 Å². The largest absolute Gasteiger partial charge is 0.507 e. The van der Waals surface area contributed by atoms with Crippen molar-refractivity contribution in [1.82, 2.24) is 9.97 Å². The molecule has 0 radical (unpaired) electrons. The van der Waals surface area contributed by atoms with Gasteiger partial charge < -0.3 is 15.8 Å². The number of hydrogen-bond donors (Lipinski definition) is 3. The number of unbranched alkanes of at least 4 members (excludes halogenated alkanes) is 1. The van der Waals surface area contributed by atoms with E-state index < -0.39 is 0 Å². The first-order valence-corrected chi connectivity index (χ1v) is 5.63. The second-order valence-electron chi connectivity index (χ2n) is 4.02. The highest BCUT2D eigenvalue weighted by molar-refractivity contribution is 5.83. The van der Waals surface area contributed by atoms with E-state index in [9.17, 15) is 9.90 Å². The maximum Gasteiger partial charge on any atom is 0.256 e. The van der Waals surface area contributed by atoms with E-state index in [0.29, 0.717) is 28.8 Å². The molecule has 2 aromatic rings. The van der Waals surface area contributed by atoms with Crippen LogP contribution >= 0.6 is 0 Å². The van der Waals surface area contributed by atoms with Crippen LogP contribution in [-0.2, 0) is 6.42 Å². The van der Waals surface area contributed by atoms with E-state index in [-0.39, 0.29) is 11.3 Å². The zero-order valence-corrected chi connectivity index (χ0v) is 9.66. The molecule has 0 saturated heterocycles. The van der Waals surface area contributed by atoms with Gasteiger partial charge in [0.1, 0.15) is 17.2 Å². The molecular weight excluding hydrogens is 218 g/mol. The highest BCUT2D eigenvalue weighted by Crippen LogP contribution is 2.25. The van der Waals surface area contributed by atoms with Crippen molar-refractivity contribution in [1.29, 1.82) is 0 Å². The van der Waals surface area contributed by atoms with Crippen LogP contribution in [0.25, 0.3) is 11.0 Å². The lowest BCUT2D eigenvalue weighted by molar-refractivity contribution is 0.471. The number of hydrogen-bond acceptors (Lipinski definition) is 4. The average molecular weight is 233 g/mol. The number of nitrogens with zero attached hydrogens (tertiary/aromatic N) is 1. The van der Waals surface area contributed by atoms with E-state index in [0.717, 1.165) is 12.8 Å². The summed E-state index contributed by atoms with van der Waals surface area (Å²) < 4.78 is 0. The minimum absolute atomic E-state index is 0.0182. The summed E-state index contributed by atoms with van der Waals surface area (Å²) >= 11 is 0. The molecule has 2 aromatic heterocycles. The molecule has 5 nitrogen and oxygen atoms in total. The molecule has 0 atom stereocenters. The van der Waals surface area contributed by atoms with E-state index in [1.54, 1.807) is 12.1 Å². The normalized spacial score (nSPS) is 10.9. The van der Waals surface area contributed by atoms with Crippen LogP contribution in [0.3, 0.4) is 0 Å². The lowest BCUT2D eigenvalue weighted by Gasteiger charge is -2.06. The number of H-pyrrole nitrogens is 1. The van der Waals surface area contributed by atoms with Crippen molar-refractivity contribution in [3.05, 3.63) is 28.0 Å². The Morgan fingerprint density at radius 3 is 2.94 bits per heavy atom. The topological polar surface area (TPSA) is 92.0 Å². The van der Waals surface area contributed by atoms with Crippen molar-refractivity contribution in [2.75, 3.05) is 5.73 Å². The Labute approximate surface area is 98.3 Å². The van der Waals surface area contributed by atoms with Gasteiger partial charge in [0.25, 0.3) is 5.56 Å². The molecule has 0 aliphatic rings. The summed E-state index contributed by atoms with van der Waals surface area (Å²) in [6.07, 6.45) is 2.40. The van der Waals surface area contributed by atoms with Crippen LogP contribution in [0, 0.1) is 0 Å². The first-order chi connectivity index (χ1) is 8.13. The predicted molar refractivity (Wildman–Crippen MR) is 67.1 cm³/mol. The fourth-order valence-electron chi connectivity index (χ4n) is 1.80. The number of nitrogens with one attached hydrogen (secondary N) is 1. The van der Waals surface area contributed by atoms with Crippen molar-refractivity contribution in [3.63, 3.8) is 0 Å². The number of fused-ring (bicyclic) bond motifs is 1. The van der Waals surface area contributed by atoms with E-state index in [1.807, 2.05) is 6.92 Å². The molecule has 0 unspecified atom stereocenters. The van der Waals surface area contributed by atoms with Crippen LogP contribution in [0.15, 0.2) is 16.9 Å². The Hall–Kier alpha value is -2.04. The second-order valence-corrected chi connectivity index (χ2v) is 4.02. The summed E-state index contributed by atoms with van der Waals surface area (Å²) in [7, 11) is 0. The minimum atomic E-state index is -0.290. The van der Waals surface area contributed by atoms with E-state index >= 15 is 0 Å². The lowest BCUT2D eigenvalue weighted by Crippen LogP contribution is -2.13. The van der Waals surface area contributed by atoms with Gasteiger partial charge in [-0.25, -0.2) is 4.98 Å². The van der Waals surface area contributed by atoms with Crippen LogP contribution in [0.2, 0.25) is 0 Å². The van der Waals surface area contributed by atoms with Crippen LogP contribution < -0.4 is 11.3 Å². The fraction of sp³-hybridized carbons (Fsp3) is 0.333. The quantitative estimate of drug-likeness (QED) is 0.750. The average Bonchev–Trinajstić information content (AvgIpc) is 2.28. The molecule has 17 heavy (non-hydrogen) atoms. The summed E-state index contributed by atoms with van der Waals surface area (Å²) in [4.78, 5) is 18.4. The molecule has 0 spiro atoms. The van der Waals surface area contributed by atoms with Gasteiger partial charge in [-0.05, 0) is 25.0 Å². The fourth-order valence-corrected chi connectivity index (χ4v) is 1.80. The minimum Gasteiger partial charge on any atom is -0.507 e. The van der Waals surface area contributed by atoms with Crippen LogP contribution in [0.5, 0.6) is 5.75 Å². The number of aromatic hydroxyl groups is 1. The molecule has 0 bridgehead atoms. The molecule has 5 heteroatoms. The Balaban J connectivity index is 2.63. The van der Waals surface area contributed by atoms with E-state index in [4.69, 9.17) is 5.73 Å². The number of nitrogen functional groups attached to an aromatic ring is 1. The monoisotopic (exact) mass is 233 g/mol. The smallest absolute Gasteiger partial charge is 0.256 e. The van der Waals surface area contributed by atoms with Gasteiger partial charge in [0.2, 0.25) is 0 Å². The number of aromatic amines is 1. The van der Waals surface area contributed by atoms with Crippen molar-refractivity contribution in [2.24, 2.45) is 0 Å². The van der Waals surface area contributed by atoms with Crippen molar-refractivity contribution in [3.8, 4) is 5.75 Å². The zero-order chi connectivity index (χ0) is 12.4. The molecule has 0 aliphatic carbocycles. The molecule has 0 aliphatic heterocycles. The molecule has 2 rings (SSSR count). The van der Waals surface area contributed by atoms with E-state index in [1.165, 1.54) is 0 Å². The van der Waals surface area contributed by atoms with Gasteiger partial charge in [0.05, 0.1) is 10.9 Å². The summed E-state index contributed by atoms with van der Waals surface area (Å²) in [5.74, 6) is 0.332. The molecule has 0 amide bonds. The Bertz CT molecular complexity index is 604. The number of pyridine rings is 2. The number of rotatable bonds is 3. The molecule has 2 heterocycles. The van der Waals surface area contributed by atoms with Gasteiger partial charge in [-0.2, -0.15) is 0 Å². The first-order valence-electron chi connectivity index (χ1n) is 5.63. The number of anilines is 1. The maximum absolute atomic E-state index is 11.8. The summed E-state index contributed by atoms with van der Waals surface area (Å²) in [6.45, 7) is 2.04. The van der Waals surface area contributed by atoms with Crippen LogP contribution in [-0.4, -0.2) is 15.1 Å². The van der Waals surface area contributed by atoms with Gasteiger partial charge in [0.15, 0.2) is 0 Å². The van der Waals surface area contributed by atoms with Gasteiger partial charge in [-0.3, -0.25) is 4.79 Å². The van der Waals surface area contributed by atoms with E-state index in [2.05, 4.69) is 9.97 Å². The lowest BCUT2D eigenvalue weighted by atomic mass is 10.1. The van der Waals surface area contributed by atoms with Gasteiger partial charge >= 0.3 is 0 Å². The van der Waals surface area contributed by atoms with Crippen molar-refractivity contribution >= 4 is 16.9 Å². The highest BCUT2D eigenvalue weighted by Gasteiger charge is 2.11. The summed E-state index contributed by atoms with van der Waals surface area (Å²) in [5, 5.41) is 10.6. The Morgan fingerprint density at radius 1 is 1.47 bits per heavy atom. The van der Waals surface area contributed by atoms with Gasteiger partial charge in [0, 0.05) is 0 Å². The number of nitrogens with two attached hydrogens (primary N) is 1. The standard InChI is InChI=1S/C12H15N3O2/c1-2-3-4-8-10(16)7-5-6-9(13)14-11(7)15-12(8)17/h5-6H,2-4H2,1H3,(H4,13,14,15,16,17).